The van der Waals surface area contributed by atoms with Crippen LogP contribution in [0.25, 0.3) is 0 Å². The molecule has 0 spiro atoms. The third-order valence-electron chi connectivity index (χ3n) is 4.20. The van der Waals surface area contributed by atoms with E-state index < -0.39 is 12.0 Å². The molecule has 0 radical (unpaired) electrons. The van der Waals surface area contributed by atoms with E-state index in [1.807, 2.05) is 13.8 Å². The van der Waals surface area contributed by atoms with Gasteiger partial charge in [-0.3, -0.25) is 10.1 Å². The van der Waals surface area contributed by atoms with Gasteiger partial charge in [0.15, 0.2) is 0 Å². The molecule has 2 aromatic rings. The van der Waals surface area contributed by atoms with E-state index in [0.717, 1.165) is 11.3 Å². The number of hydrogen-bond acceptors (Lipinski definition) is 5. The summed E-state index contributed by atoms with van der Waals surface area (Å²) >= 11 is 6.91. The van der Waals surface area contributed by atoms with Gasteiger partial charge < -0.3 is 15.0 Å². The van der Waals surface area contributed by atoms with Crippen molar-refractivity contribution in [1.82, 2.24) is 4.90 Å². The molecule has 0 aliphatic rings. The standard InChI is InChI=1S/C20H24ClN3O4S/c1-5-24(6-2)18(25)16-12(4)15(19(26)28-7-3)17(29-16)23-20(27)22-14-10-8-13(21)9-11-14/h8-11H,5-7H2,1-4H3,(H2,22,23,27). The molecule has 0 bridgehead atoms. The summed E-state index contributed by atoms with van der Waals surface area (Å²) in [5.41, 5.74) is 1.23. The van der Waals surface area contributed by atoms with E-state index in [1.165, 1.54) is 0 Å². The molecule has 7 nitrogen and oxygen atoms in total. The van der Waals surface area contributed by atoms with Crippen LogP contribution in [-0.2, 0) is 4.74 Å². The van der Waals surface area contributed by atoms with E-state index >= 15 is 0 Å². The fourth-order valence-electron chi connectivity index (χ4n) is 2.71. The molecule has 2 N–H and O–H groups in total. The molecule has 9 heteroatoms. The predicted molar refractivity (Wildman–Crippen MR) is 116 cm³/mol. The van der Waals surface area contributed by atoms with Crippen molar-refractivity contribution in [2.24, 2.45) is 0 Å². The van der Waals surface area contributed by atoms with E-state index in [-0.39, 0.29) is 23.1 Å². The van der Waals surface area contributed by atoms with Gasteiger partial charge in [-0.25, -0.2) is 9.59 Å². The lowest BCUT2D eigenvalue weighted by Crippen LogP contribution is -2.30. The van der Waals surface area contributed by atoms with Gasteiger partial charge in [-0.2, -0.15) is 0 Å². The zero-order chi connectivity index (χ0) is 21.6. The highest BCUT2D eigenvalue weighted by molar-refractivity contribution is 7.18. The minimum absolute atomic E-state index is 0.184. The number of carbonyl (C=O) groups is 3. The highest BCUT2D eigenvalue weighted by Crippen LogP contribution is 2.34. The Balaban J connectivity index is 2.34. The highest BCUT2D eigenvalue weighted by Gasteiger charge is 2.28. The van der Waals surface area contributed by atoms with Crippen molar-refractivity contribution in [3.8, 4) is 0 Å². The van der Waals surface area contributed by atoms with Gasteiger partial charge in [-0.05, 0) is 57.5 Å². The number of anilines is 2. The van der Waals surface area contributed by atoms with Crippen LogP contribution in [0.2, 0.25) is 5.02 Å². The van der Waals surface area contributed by atoms with Gasteiger partial charge in [0.2, 0.25) is 0 Å². The smallest absolute Gasteiger partial charge is 0.341 e. The summed E-state index contributed by atoms with van der Waals surface area (Å²) in [4.78, 5) is 39.8. The molecule has 3 amide bonds. The summed E-state index contributed by atoms with van der Waals surface area (Å²) in [7, 11) is 0. The van der Waals surface area contributed by atoms with Crippen molar-refractivity contribution in [1.29, 1.82) is 0 Å². The molecule has 1 aromatic heterocycles. The summed E-state index contributed by atoms with van der Waals surface area (Å²) < 4.78 is 5.13. The van der Waals surface area contributed by atoms with Gasteiger partial charge in [0, 0.05) is 23.8 Å². The molecule has 0 aliphatic carbocycles. The largest absolute Gasteiger partial charge is 0.462 e. The van der Waals surface area contributed by atoms with E-state index in [1.54, 1.807) is 43.0 Å². The first-order chi connectivity index (χ1) is 13.8. The van der Waals surface area contributed by atoms with Crippen molar-refractivity contribution in [3.05, 3.63) is 45.3 Å². The van der Waals surface area contributed by atoms with Gasteiger partial charge >= 0.3 is 12.0 Å². The van der Waals surface area contributed by atoms with Crippen molar-refractivity contribution < 1.29 is 19.1 Å². The van der Waals surface area contributed by atoms with E-state index in [2.05, 4.69) is 10.6 Å². The SMILES string of the molecule is CCOC(=O)c1c(NC(=O)Nc2ccc(Cl)cc2)sc(C(=O)N(CC)CC)c1C. The number of esters is 1. The number of rotatable bonds is 7. The van der Waals surface area contributed by atoms with Crippen LogP contribution >= 0.6 is 22.9 Å². The summed E-state index contributed by atoms with van der Waals surface area (Å²) in [6, 6.07) is 6.07. The molecule has 0 aliphatic heterocycles. The van der Waals surface area contributed by atoms with Gasteiger partial charge in [0.05, 0.1) is 17.0 Å². The van der Waals surface area contributed by atoms with Crippen LogP contribution in [0.5, 0.6) is 0 Å². The van der Waals surface area contributed by atoms with Crippen LogP contribution in [0.1, 0.15) is 46.4 Å². The Labute approximate surface area is 179 Å². The minimum Gasteiger partial charge on any atom is -0.462 e. The van der Waals surface area contributed by atoms with Crippen molar-refractivity contribution >= 4 is 51.5 Å². The van der Waals surface area contributed by atoms with Crippen LogP contribution in [0.3, 0.4) is 0 Å². The molecule has 0 saturated carbocycles. The van der Waals surface area contributed by atoms with E-state index in [9.17, 15) is 14.4 Å². The number of benzene rings is 1. The number of nitrogens with zero attached hydrogens (tertiary/aromatic N) is 1. The number of halogens is 1. The Morgan fingerprint density at radius 3 is 2.24 bits per heavy atom. The molecule has 0 atom stereocenters. The second-order valence-corrected chi connectivity index (χ2v) is 7.50. The maximum Gasteiger partial charge on any atom is 0.341 e. The topological polar surface area (TPSA) is 87.7 Å². The van der Waals surface area contributed by atoms with Crippen LogP contribution in [0, 0.1) is 6.92 Å². The van der Waals surface area contributed by atoms with Gasteiger partial charge in [-0.15, -0.1) is 11.3 Å². The number of thiophene rings is 1. The van der Waals surface area contributed by atoms with Crippen LogP contribution in [0.4, 0.5) is 15.5 Å². The Hall–Kier alpha value is -2.58. The Morgan fingerprint density at radius 2 is 1.69 bits per heavy atom. The number of nitrogens with one attached hydrogen (secondary N) is 2. The van der Waals surface area contributed by atoms with Crippen molar-refractivity contribution in [3.63, 3.8) is 0 Å². The molecule has 156 valence electrons. The molecule has 0 saturated heterocycles. The average Bonchev–Trinajstić information content (AvgIpc) is 3.00. The number of urea groups is 1. The predicted octanol–water partition coefficient (Wildman–Crippen LogP) is 5.01. The highest BCUT2D eigenvalue weighted by atomic mass is 35.5. The molecule has 1 heterocycles. The number of ether oxygens (including phenoxy) is 1. The third kappa shape index (κ3) is 5.48. The molecule has 0 fully saturated rings. The molecular weight excluding hydrogens is 414 g/mol. The summed E-state index contributed by atoms with van der Waals surface area (Å²) in [5.74, 6) is -0.768. The number of amides is 3. The third-order valence-corrected chi connectivity index (χ3v) is 5.65. The fourth-order valence-corrected chi connectivity index (χ4v) is 3.99. The summed E-state index contributed by atoms with van der Waals surface area (Å²) in [5, 5.41) is 6.15. The van der Waals surface area contributed by atoms with Gasteiger partial charge in [0.1, 0.15) is 5.00 Å². The summed E-state index contributed by atoms with van der Waals surface area (Å²) in [6.45, 7) is 8.42. The van der Waals surface area contributed by atoms with Crippen molar-refractivity contribution in [2.45, 2.75) is 27.7 Å². The zero-order valence-electron chi connectivity index (χ0n) is 16.8. The van der Waals surface area contributed by atoms with Crippen LogP contribution < -0.4 is 10.6 Å². The summed E-state index contributed by atoms with van der Waals surface area (Å²) in [6.07, 6.45) is 0. The minimum atomic E-state index is -0.582. The van der Waals surface area contributed by atoms with Crippen LogP contribution in [0.15, 0.2) is 24.3 Å². The maximum absolute atomic E-state index is 12.8. The monoisotopic (exact) mass is 437 g/mol. The molecule has 2 rings (SSSR count). The van der Waals surface area contributed by atoms with E-state index in [4.69, 9.17) is 16.3 Å². The quantitative estimate of drug-likeness (QED) is 0.596. The fraction of sp³-hybridized carbons (Fsp3) is 0.350. The molecular formula is C20H24ClN3O4S. The van der Waals surface area contributed by atoms with E-state index in [0.29, 0.717) is 34.2 Å². The normalized spacial score (nSPS) is 10.4. The molecule has 0 unspecified atom stereocenters. The Bertz CT molecular complexity index is 892. The first kappa shape index (κ1) is 22.7. The number of hydrogen-bond donors (Lipinski definition) is 2. The van der Waals surface area contributed by atoms with Crippen molar-refractivity contribution in [2.75, 3.05) is 30.3 Å². The lowest BCUT2D eigenvalue weighted by molar-refractivity contribution is 0.0527. The van der Waals surface area contributed by atoms with Crippen LogP contribution in [-0.4, -0.2) is 42.5 Å². The number of carbonyl (C=O) groups excluding carboxylic acids is 3. The second-order valence-electron chi connectivity index (χ2n) is 6.04. The average molecular weight is 438 g/mol. The lowest BCUT2D eigenvalue weighted by atomic mass is 10.1. The zero-order valence-corrected chi connectivity index (χ0v) is 18.4. The van der Waals surface area contributed by atoms with Gasteiger partial charge in [-0.1, -0.05) is 11.6 Å². The first-order valence-electron chi connectivity index (χ1n) is 9.25. The Morgan fingerprint density at radius 1 is 1.07 bits per heavy atom. The van der Waals surface area contributed by atoms with Gasteiger partial charge in [0.25, 0.3) is 5.91 Å². The second kappa shape index (κ2) is 10.3. The lowest BCUT2D eigenvalue weighted by Gasteiger charge is -2.18. The first-order valence-corrected chi connectivity index (χ1v) is 10.4. The Kier molecular flexibility index (Phi) is 8.04. The molecule has 29 heavy (non-hydrogen) atoms. The maximum atomic E-state index is 12.8. The molecule has 1 aromatic carbocycles.